The van der Waals surface area contributed by atoms with Crippen LogP contribution in [0.2, 0.25) is 0 Å². The fourth-order valence-corrected chi connectivity index (χ4v) is 5.04. The number of hydrogen-bond acceptors (Lipinski definition) is 8. The summed E-state index contributed by atoms with van der Waals surface area (Å²) in [6.45, 7) is 13.3. The zero-order valence-corrected chi connectivity index (χ0v) is 24.9. The van der Waals surface area contributed by atoms with Crippen molar-refractivity contribution in [1.29, 1.82) is 0 Å². The van der Waals surface area contributed by atoms with E-state index < -0.39 is 11.6 Å². The molecule has 2 aromatic heterocycles. The molecule has 4 rings (SSSR count). The number of carboxylic acid groups (broad SMARTS) is 1. The first kappa shape index (κ1) is 29.4. The zero-order valence-electron chi connectivity index (χ0n) is 24.0. The molecule has 3 heterocycles. The van der Waals surface area contributed by atoms with Crippen molar-refractivity contribution in [3.63, 3.8) is 0 Å². The molecule has 0 spiro atoms. The number of rotatable bonds is 8. The summed E-state index contributed by atoms with van der Waals surface area (Å²) in [6.07, 6.45) is 4.27. The van der Waals surface area contributed by atoms with Crippen LogP contribution in [0.25, 0.3) is 0 Å². The highest BCUT2D eigenvalue weighted by atomic mass is 32.2. The number of oxazole rings is 1. The van der Waals surface area contributed by atoms with E-state index >= 15 is 0 Å². The molecule has 0 aliphatic carbocycles. The molecule has 1 aliphatic heterocycles. The summed E-state index contributed by atoms with van der Waals surface area (Å²) in [4.78, 5) is 33.9. The minimum absolute atomic E-state index is 0.0132. The summed E-state index contributed by atoms with van der Waals surface area (Å²) >= 11 is 1.50. The minimum Gasteiger partial charge on any atom is -0.465 e. The summed E-state index contributed by atoms with van der Waals surface area (Å²) in [5, 5.41) is 19.1. The average Bonchev–Trinajstić information content (AvgIpc) is 3.55. The van der Waals surface area contributed by atoms with Gasteiger partial charge in [-0.05, 0) is 51.3 Å². The Balaban J connectivity index is 1.30. The first-order valence-electron chi connectivity index (χ1n) is 13.5. The molecule has 0 radical (unpaired) electrons. The zero-order chi connectivity index (χ0) is 29.1. The quantitative estimate of drug-likeness (QED) is 0.361. The number of carbonyl (C=O) groups excluding carboxylic acids is 1. The van der Waals surface area contributed by atoms with E-state index in [4.69, 9.17) is 4.42 Å². The second-order valence-corrected chi connectivity index (χ2v) is 13.1. The van der Waals surface area contributed by atoms with Gasteiger partial charge in [0.05, 0.1) is 24.2 Å². The summed E-state index contributed by atoms with van der Waals surface area (Å²) in [5.41, 5.74) is 4.11. The van der Waals surface area contributed by atoms with E-state index in [1.165, 1.54) is 21.6 Å². The Morgan fingerprint density at radius 3 is 2.50 bits per heavy atom. The van der Waals surface area contributed by atoms with E-state index in [-0.39, 0.29) is 23.9 Å². The van der Waals surface area contributed by atoms with Gasteiger partial charge in [-0.3, -0.25) is 15.1 Å². The Bertz CT molecular complexity index is 1310. The Hall–Kier alpha value is -3.54. The highest BCUT2D eigenvalue weighted by Crippen LogP contribution is 2.26. The Labute approximate surface area is 239 Å². The Kier molecular flexibility index (Phi) is 8.77. The van der Waals surface area contributed by atoms with E-state index in [1.807, 2.05) is 37.8 Å². The van der Waals surface area contributed by atoms with Gasteiger partial charge in [-0.1, -0.05) is 49.6 Å². The van der Waals surface area contributed by atoms with E-state index in [0.29, 0.717) is 30.3 Å². The van der Waals surface area contributed by atoms with Crippen molar-refractivity contribution in [2.45, 2.75) is 88.7 Å². The topological polar surface area (TPSA) is 130 Å². The third-order valence-corrected chi connectivity index (χ3v) is 7.57. The molecule has 40 heavy (non-hydrogen) atoms. The molecule has 2 amide bonds. The predicted octanol–water partition coefficient (Wildman–Crippen LogP) is 4.98. The van der Waals surface area contributed by atoms with Crippen LogP contribution >= 0.6 is 11.8 Å². The predicted molar refractivity (Wildman–Crippen MR) is 153 cm³/mol. The van der Waals surface area contributed by atoms with Gasteiger partial charge in [0.1, 0.15) is 10.8 Å². The smallest absolute Gasteiger partial charge is 0.408 e. The highest BCUT2D eigenvalue weighted by Gasteiger charge is 2.27. The van der Waals surface area contributed by atoms with Crippen LogP contribution in [0.4, 0.5) is 4.79 Å². The molecular formula is C28H39N7O4S. The van der Waals surface area contributed by atoms with Crippen LogP contribution in [0, 0.1) is 0 Å². The van der Waals surface area contributed by atoms with Crippen molar-refractivity contribution in [3.8, 4) is 0 Å². The molecule has 216 valence electrons. The molecule has 1 saturated heterocycles. The maximum Gasteiger partial charge on any atom is 0.408 e. The van der Waals surface area contributed by atoms with Gasteiger partial charge in [-0.2, -0.15) is 0 Å². The summed E-state index contributed by atoms with van der Waals surface area (Å²) in [6, 6.07) is 7.20. The van der Waals surface area contributed by atoms with E-state index in [2.05, 4.69) is 41.4 Å². The van der Waals surface area contributed by atoms with Gasteiger partial charge < -0.3 is 14.4 Å². The minimum atomic E-state index is -0.971. The van der Waals surface area contributed by atoms with Crippen molar-refractivity contribution in [2.24, 2.45) is 0 Å². The number of nitrogens with zero attached hydrogens (tertiary/aromatic N) is 6. The summed E-state index contributed by atoms with van der Waals surface area (Å²) in [7, 11) is 0. The molecule has 0 unspecified atom stereocenters. The van der Waals surface area contributed by atoms with Crippen LogP contribution in [0.5, 0.6) is 0 Å². The van der Waals surface area contributed by atoms with Crippen molar-refractivity contribution >= 4 is 23.8 Å². The van der Waals surface area contributed by atoms with E-state index in [0.717, 1.165) is 29.2 Å². The van der Waals surface area contributed by atoms with Crippen LogP contribution in [0.1, 0.15) is 82.0 Å². The normalized spacial score (nSPS) is 16.1. The van der Waals surface area contributed by atoms with Crippen molar-refractivity contribution in [3.05, 3.63) is 59.4 Å². The lowest BCUT2D eigenvalue weighted by Gasteiger charge is -2.33. The Morgan fingerprint density at radius 2 is 1.88 bits per heavy atom. The molecule has 3 aromatic rings. The van der Waals surface area contributed by atoms with Crippen LogP contribution in [-0.4, -0.2) is 71.7 Å². The second-order valence-electron chi connectivity index (χ2n) is 12.1. The van der Waals surface area contributed by atoms with Crippen molar-refractivity contribution < 1.29 is 19.1 Å². The van der Waals surface area contributed by atoms with Gasteiger partial charge in [-0.25, -0.2) is 9.78 Å². The Morgan fingerprint density at radius 1 is 1.15 bits per heavy atom. The van der Waals surface area contributed by atoms with E-state index in [1.54, 1.807) is 24.5 Å². The van der Waals surface area contributed by atoms with Gasteiger partial charge in [0.2, 0.25) is 5.89 Å². The fourth-order valence-electron chi connectivity index (χ4n) is 4.38. The first-order chi connectivity index (χ1) is 18.8. The molecule has 11 nitrogen and oxygen atoms in total. The number of thioether (sulfide) groups is 1. The monoisotopic (exact) mass is 569 g/mol. The lowest BCUT2D eigenvalue weighted by Crippen LogP contribution is -2.47. The largest absolute Gasteiger partial charge is 0.465 e. The van der Waals surface area contributed by atoms with E-state index in [9.17, 15) is 14.7 Å². The number of amides is 2. The second kappa shape index (κ2) is 11.9. The van der Waals surface area contributed by atoms with Gasteiger partial charge in [-0.15, -0.1) is 10.2 Å². The number of hydrogen-bond donors (Lipinski definition) is 2. The average molecular weight is 570 g/mol. The molecule has 1 aliphatic rings. The number of carbonyl (C=O) groups is 2. The summed E-state index contributed by atoms with van der Waals surface area (Å²) in [5.74, 6) is 2.02. The van der Waals surface area contributed by atoms with Crippen LogP contribution < -0.4 is 5.43 Å². The van der Waals surface area contributed by atoms with Crippen molar-refractivity contribution in [2.75, 3.05) is 18.5 Å². The lowest BCUT2D eigenvalue weighted by molar-refractivity contribution is 0.0709. The van der Waals surface area contributed by atoms with Crippen LogP contribution in [0.15, 0.2) is 46.1 Å². The lowest BCUT2D eigenvalue weighted by atomic mass is 9.94. The molecule has 12 heteroatoms. The van der Waals surface area contributed by atoms with Crippen LogP contribution in [-0.2, 0) is 17.7 Å². The molecule has 2 N–H and O–H groups in total. The fraction of sp³-hybridized carbons (Fsp3) is 0.536. The van der Waals surface area contributed by atoms with Crippen LogP contribution in [0.3, 0.4) is 0 Å². The SMILES string of the molecule is CC(C)(C)c1cnc(CSc2cnn(N[C@@H]3CCCN(C(=O)c4ccc(CN(C(=O)O)C(C)(C)C)cc4)C3)n2)o1. The molecule has 0 saturated carbocycles. The molecule has 1 atom stereocenters. The van der Waals surface area contributed by atoms with Gasteiger partial charge in [0.25, 0.3) is 5.91 Å². The summed E-state index contributed by atoms with van der Waals surface area (Å²) < 4.78 is 5.85. The number of piperidine rings is 1. The standard InChI is InChI=1S/C28H39N7O4S/c1-27(2,3)22-14-29-23(39-22)18-40-24-15-30-35(32-24)31-21-8-7-13-33(17-21)25(36)20-11-9-19(10-12-20)16-34(26(37)38)28(4,5)6/h9-12,14-15,21,31H,7-8,13,16-18H2,1-6H3,(H,37,38)/t21-/m1/s1. The van der Waals surface area contributed by atoms with Gasteiger partial charge in [0, 0.05) is 36.2 Å². The molecule has 0 bridgehead atoms. The highest BCUT2D eigenvalue weighted by molar-refractivity contribution is 7.98. The van der Waals surface area contributed by atoms with Crippen molar-refractivity contribution in [1.82, 2.24) is 29.9 Å². The number of aromatic nitrogens is 4. The third-order valence-electron chi connectivity index (χ3n) is 6.70. The van der Waals surface area contributed by atoms with Gasteiger partial charge in [0.15, 0.2) is 0 Å². The molecule has 1 fully saturated rings. The first-order valence-corrected chi connectivity index (χ1v) is 14.4. The molecule has 1 aromatic carbocycles. The number of nitrogens with one attached hydrogen (secondary N) is 1. The third kappa shape index (κ3) is 7.56. The maximum absolute atomic E-state index is 13.2. The number of benzene rings is 1. The number of likely N-dealkylation sites (tertiary alicyclic amines) is 1. The van der Waals surface area contributed by atoms with Gasteiger partial charge >= 0.3 is 6.09 Å². The molecular weight excluding hydrogens is 530 g/mol. The maximum atomic E-state index is 13.2.